The molecule has 5 nitrogen and oxygen atoms in total. The van der Waals surface area contributed by atoms with Crippen molar-refractivity contribution < 1.29 is 9.59 Å². The van der Waals surface area contributed by atoms with E-state index in [0.29, 0.717) is 6.54 Å². The third kappa shape index (κ3) is 2.92. The summed E-state index contributed by atoms with van der Waals surface area (Å²) < 4.78 is 0. The van der Waals surface area contributed by atoms with Crippen molar-refractivity contribution >= 4 is 23.2 Å². The Bertz CT molecular complexity index is 566. The van der Waals surface area contributed by atoms with Crippen molar-refractivity contribution in [2.45, 2.75) is 6.54 Å². The molecule has 0 atom stereocenters. The molecule has 2 rings (SSSR count). The van der Waals surface area contributed by atoms with Gasteiger partial charge in [-0.05, 0) is 23.6 Å². The third-order valence-corrected chi connectivity index (χ3v) is 3.16. The molecule has 2 aromatic heterocycles. The zero-order chi connectivity index (χ0) is 13.0. The van der Waals surface area contributed by atoms with E-state index < -0.39 is 5.91 Å². The summed E-state index contributed by atoms with van der Waals surface area (Å²) in [5.41, 5.74) is 5.59. The van der Waals surface area contributed by atoms with Crippen molar-refractivity contribution in [2.24, 2.45) is 5.73 Å². The topological polar surface area (TPSA) is 85.1 Å². The van der Waals surface area contributed by atoms with Crippen LogP contribution in [-0.2, 0) is 6.54 Å². The maximum Gasteiger partial charge on any atom is 0.270 e. The van der Waals surface area contributed by atoms with Crippen LogP contribution in [0.2, 0.25) is 0 Å². The standard InChI is InChI=1S/C12H11N3O2S/c13-11(16)8-3-4-14-10(6-8)12(17)15-7-9-2-1-5-18-9/h1-6H,7H2,(H2,13,16)(H,15,17). The van der Waals surface area contributed by atoms with Crippen LogP contribution in [0.15, 0.2) is 35.8 Å². The number of amides is 2. The lowest BCUT2D eigenvalue weighted by atomic mass is 10.2. The third-order valence-electron chi connectivity index (χ3n) is 2.28. The summed E-state index contributed by atoms with van der Waals surface area (Å²) in [7, 11) is 0. The summed E-state index contributed by atoms with van der Waals surface area (Å²) in [5, 5.41) is 4.66. The van der Waals surface area contributed by atoms with Gasteiger partial charge in [0, 0.05) is 16.6 Å². The Morgan fingerprint density at radius 1 is 1.39 bits per heavy atom. The highest BCUT2D eigenvalue weighted by molar-refractivity contribution is 7.09. The molecule has 0 spiro atoms. The van der Waals surface area contributed by atoms with Gasteiger partial charge in [-0.25, -0.2) is 0 Å². The molecule has 0 aliphatic heterocycles. The van der Waals surface area contributed by atoms with Gasteiger partial charge < -0.3 is 11.1 Å². The molecular weight excluding hydrogens is 250 g/mol. The van der Waals surface area contributed by atoms with E-state index in [9.17, 15) is 9.59 Å². The molecule has 0 aliphatic carbocycles. The fourth-order valence-electron chi connectivity index (χ4n) is 1.38. The fourth-order valence-corrected chi connectivity index (χ4v) is 2.02. The van der Waals surface area contributed by atoms with Gasteiger partial charge in [-0.15, -0.1) is 11.3 Å². The first-order valence-corrected chi connectivity index (χ1v) is 6.11. The molecule has 0 aromatic carbocycles. The van der Waals surface area contributed by atoms with Gasteiger partial charge in [-0.1, -0.05) is 6.07 Å². The maximum absolute atomic E-state index is 11.8. The smallest absolute Gasteiger partial charge is 0.270 e. The number of thiophene rings is 1. The molecule has 2 heterocycles. The van der Waals surface area contributed by atoms with E-state index in [4.69, 9.17) is 5.73 Å². The number of nitrogens with zero attached hydrogens (tertiary/aromatic N) is 1. The number of pyridine rings is 1. The van der Waals surface area contributed by atoms with Crippen LogP contribution in [0.25, 0.3) is 0 Å². The highest BCUT2D eigenvalue weighted by atomic mass is 32.1. The van der Waals surface area contributed by atoms with E-state index in [1.807, 2.05) is 17.5 Å². The summed E-state index contributed by atoms with van der Waals surface area (Å²) >= 11 is 1.56. The second kappa shape index (κ2) is 5.42. The SMILES string of the molecule is NC(=O)c1ccnc(C(=O)NCc2cccs2)c1. The average molecular weight is 261 g/mol. The number of nitrogens with two attached hydrogens (primary N) is 1. The molecule has 0 saturated carbocycles. The van der Waals surface area contributed by atoms with E-state index in [1.165, 1.54) is 18.3 Å². The zero-order valence-electron chi connectivity index (χ0n) is 9.42. The molecular formula is C12H11N3O2S. The van der Waals surface area contributed by atoms with E-state index in [2.05, 4.69) is 10.3 Å². The fraction of sp³-hybridized carbons (Fsp3) is 0.0833. The Kier molecular flexibility index (Phi) is 3.69. The molecule has 0 fully saturated rings. The number of rotatable bonds is 4. The van der Waals surface area contributed by atoms with Crippen LogP contribution >= 0.6 is 11.3 Å². The molecule has 92 valence electrons. The Morgan fingerprint density at radius 2 is 2.22 bits per heavy atom. The summed E-state index contributed by atoms with van der Waals surface area (Å²) in [4.78, 5) is 27.7. The molecule has 2 amide bonds. The average Bonchev–Trinajstić information content (AvgIpc) is 2.89. The Balaban J connectivity index is 2.04. The van der Waals surface area contributed by atoms with Gasteiger partial charge in [0.25, 0.3) is 5.91 Å². The maximum atomic E-state index is 11.8. The van der Waals surface area contributed by atoms with Crippen LogP contribution in [0.5, 0.6) is 0 Å². The summed E-state index contributed by atoms with van der Waals surface area (Å²) in [6.07, 6.45) is 1.39. The monoisotopic (exact) mass is 261 g/mol. The number of primary amides is 1. The molecule has 0 saturated heterocycles. The lowest BCUT2D eigenvalue weighted by Crippen LogP contribution is -2.24. The Hall–Kier alpha value is -2.21. The van der Waals surface area contributed by atoms with Crippen LogP contribution in [0, 0.1) is 0 Å². The largest absolute Gasteiger partial charge is 0.366 e. The van der Waals surface area contributed by atoms with Crippen LogP contribution < -0.4 is 11.1 Å². The molecule has 2 aromatic rings. The van der Waals surface area contributed by atoms with Crippen LogP contribution in [0.1, 0.15) is 25.7 Å². The molecule has 0 aliphatic rings. The lowest BCUT2D eigenvalue weighted by molar-refractivity contribution is 0.0946. The predicted molar refractivity (Wildman–Crippen MR) is 68.2 cm³/mol. The Labute approximate surface area is 108 Å². The van der Waals surface area contributed by atoms with Crippen LogP contribution in [0.4, 0.5) is 0 Å². The summed E-state index contributed by atoms with van der Waals surface area (Å²) in [5.74, 6) is -0.906. The van der Waals surface area contributed by atoms with Gasteiger partial charge in [0.1, 0.15) is 5.69 Å². The predicted octanol–water partition coefficient (Wildman–Crippen LogP) is 1.17. The Morgan fingerprint density at radius 3 is 2.89 bits per heavy atom. The number of hydrogen-bond acceptors (Lipinski definition) is 4. The number of nitrogens with one attached hydrogen (secondary N) is 1. The minimum absolute atomic E-state index is 0.183. The first-order chi connectivity index (χ1) is 8.66. The van der Waals surface area contributed by atoms with Gasteiger partial charge in [0.15, 0.2) is 0 Å². The second-order valence-electron chi connectivity index (χ2n) is 3.56. The van der Waals surface area contributed by atoms with Gasteiger partial charge >= 0.3 is 0 Å². The molecule has 6 heteroatoms. The normalized spacial score (nSPS) is 10.0. The van der Waals surface area contributed by atoms with E-state index in [0.717, 1.165) is 4.88 Å². The lowest BCUT2D eigenvalue weighted by Gasteiger charge is -2.03. The zero-order valence-corrected chi connectivity index (χ0v) is 10.2. The first kappa shape index (κ1) is 12.3. The van der Waals surface area contributed by atoms with E-state index >= 15 is 0 Å². The second-order valence-corrected chi connectivity index (χ2v) is 4.59. The van der Waals surface area contributed by atoms with Crippen LogP contribution in [-0.4, -0.2) is 16.8 Å². The summed E-state index contributed by atoms with van der Waals surface area (Å²) in [6.45, 7) is 0.443. The van der Waals surface area contributed by atoms with Crippen molar-refractivity contribution in [3.8, 4) is 0 Å². The van der Waals surface area contributed by atoms with Gasteiger partial charge in [-0.3, -0.25) is 14.6 Å². The minimum atomic E-state index is -0.579. The first-order valence-electron chi connectivity index (χ1n) is 5.23. The minimum Gasteiger partial charge on any atom is -0.366 e. The molecule has 0 radical (unpaired) electrons. The highest BCUT2D eigenvalue weighted by Crippen LogP contribution is 2.08. The molecule has 0 unspecified atom stereocenters. The van der Waals surface area contributed by atoms with Crippen molar-refractivity contribution in [3.63, 3.8) is 0 Å². The number of hydrogen-bond donors (Lipinski definition) is 2. The van der Waals surface area contributed by atoms with Crippen LogP contribution in [0.3, 0.4) is 0 Å². The highest BCUT2D eigenvalue weighted by Gasteiger charge is 2.09. The molecule has 0 bridgehead atoms. The van der Waals surface area contributed by atoms with Crippen molar-refractivity contribution in [3.05, 3.63) is 52.0 Å². The van der Waals surface area contributed by atoms with E-state index in [-0.39, 0.29) is 17.2 Å². The van der Waals surface area contributed by atoms with Crippen molar-refractivity contribution in [1.82, 2.24) is 10.3 Å². The van der Waals surface area contributed by atoms with E-state index in [1.54, 1.807) is 11.3 Å². The number of carbonyl (C=O) groups is 2. The van der Waals surface area contributed by atoms with Crippen molar-refractivity contribution in [2.75, 3.05) is 0 Å². The van der Waals surface area contributed by atoms with Crippen molar-refractivity contribution in [1.29, 1.82) is 0 Å². The summed E-state index contributed by atoms with van der Waals surface area (Å²) in [6, 6.07) is 6.70. The number of carbonyl (C=O) groups excluding carboxylic acids is 2. The number of aromatic nitrogens is 1. The van der Waals surface area contributed by atoms with Gasteiger partial charge in [0.05, 0.1) is 6.54 Å². The quantitative estimate of drug-likeness (QED) is 0.866. The van der Waals surface area contributed by atoms with Gasteiger partial charge in [0.2, 0.25) is 5.91 Å². The molecule has 18 heavy (non-hydrogen) atoms. The molecule has 3 N–H and O–H groups in total. The van der Waals surface area contributed by atoms with Gasteiger partial charge in [-0.2, -0.15) is 0 Å².